The van der Waals surface area contributed by atoms with Gasteiger partial charge in [-0.3, -0.25) is 4.90 Å². The number of ether oxygens (including phenoxy) is 1. The lowest BCUT2D eigenvalue weighted by Gasteiger charge is -2.34. The number of aliphatic hydroxyl groups excluding tert-OH is 2. The van der Waals surface area contributed by atoms with Gasteiger partial charge in [-0.15, -0.1) is 0 Å². The Kier molecular flexibility index (Phi) is 4.72. The summed E-state index contributed by atoms with van der Waals surface area (Å²) < 4.78 is 5.50. The molecule has 2 rings (SSSR count). The molecule has 2 aliphatic heterocycles. The summed E-state index contributed by atoms with van der Waals surface area (Å²) in [5.74, 6) is -1.25. The molecule has 1 fully saturated rings. The van der Waals surface area contributed by atoms with Crippen LogP contribution in [-0.2, 0) is 9.53 Å². The van der Waals surface area contributed by atoms with Crippen molar-refractivity contribution in [1.82, 2.24) is 4.90 Å². The summed E-state index contributed by atoms with van der Waals surface area (Å²) in [5, 5.41) is 29.6. The molecule has 0 aromatic rings. The predicted molar refractivity (Wildman–Crippen MR) is 76.5 cm³/mol. The van der Waals surface area contributed by atoms with E-state index in [-0.39, 0.29) is 18.8 Å². The fourth-order valence-electron chi connectivity index (χ4n) is 3.26. The van der Waals surface area contributed by atoms with Gasteiger partial charge >= 0.3 is 5.97 Å². The van der Waals surface area contributed by atoms with Crippen molar-refractivity contribution in [3.05, 3.63) is 11.6 Å². The molecule has 0 aromatic heterocycles. The van der Waals surface area contributed by atoms with Gasteiger partial charge in [0.2, 0.25) is 0 Å². The average molecular weight is 299 g/mol. The Labute approximate surface area is 125 Å². The zero-order valence-electron chi connectivity index (χ0n) is 12.8. The third-order valence-corrected chi connectivity index (χ3v) is 4.70. The van der Waals surface area contributed by atoms with Crippen molar-refractivity contribution in [2.24, 2.45) is 5.92 Å². The molecule has 6 heteroatoms. The lowest BCUT2D eigenvalue weighted by atomic mass is 9.85. The molecule has 0 bridgehead atoms. The van der Waals surface area contributed by atoms with E-state index in [9.17, 15) is 20.1 Å². The van der Waals surface area contributed by atoms with Crippen molar-refractivity contribution < 1.29 is 24.9 Å². The fraction of sp³-hybridized carbons (Fsp3) is 0.800. The number of nitrogens with zero attached hydrogens (tertiary/aromatic N) is 1. The first kappa shape index (κ1) is 16.4. The number of hydrogen-bond acceptors (Lipinski definition) is 6. The van der Waals surface area contributed by atoms with E-state index in [1.165, 1.54) is 6.92 Å². The van der Waals surface area contributed by atoms with Crippen LogP contribution in [0.3, 0.4) is 0 Å². The van der Waals surface area contributed by atoms with E-state index in [0.29, 0.717) is 6.42 Å². The highest BCUT2D eigenvalue weighted by Gasteiger charge is 2.49. The van der Waals surface area contributed by atoms with Crippen LogP contribution in [0.1, 0.15) is 27.2 Å². The molecular formula is C15H25NO5. The van der Waals surface area contributed by atoms with Crippen molar-refractivity contribution in [2.75, 3.05) is 19.7 Å². The van der Waals surface area contributed by atoms with Gasteiger partial charge in [0.15, 0.2) is 5.60 Å². The molecule has 2 aliphatic rings. The first-order valence-electron chi connectivity index (χ1n) is 7.47. The maximum absolute atomic E-state index is 12.4. The van der Waals surface area contributed by atoms with Crippen LogP contribution in [0, 0.1) is 5.92 Å². The highest BCUT2D eigenvalue weighted by atomic mass is 16.6. The van der Waals surface area contributed by atoms with Crippen LogP contribution in [0.5, 0.6) is 0 Å². The molecule has 0 saturated carbocycles. The van der Waals surface area contributed by atoms with Gasteiger partial charge in [-0.25, -0.2) is 4.79 Å². The molecule has 6 nitrogen and oxygen atoms in total. The van der Waals surface area contributed by atoms with Gasteiger partial charge in [0.05, 0.1) is 18.8 Å². The monoisotopic (exact) mass is 299 g/mol. The second-order valence-electron chi connectivity index (χ2n) is 6.27. The van der Waals surface area contributed by atoms with Gasteiger partial charge in [0.1, 0.15) is 6.10 Å². The second kappa shape index (κ2) is 6.04. The molecule has 4 atom stereocenters. The minimum atomic E-state index is -1.91. The summed E-state index contributed by atoms with van der Waals surface area (Å²) in [4.78, 5) is 14.5. The summed E-state index contributed by atoms with van der Waals surface area (Å²) in [6, 6.07) is -0.107. The smallest absolute Gasteiger partial charge is 0.341 e. The minimum Gasteiger partial charge on any atom is -0.458 e. The molecule has 0 aromatic carbocycles. The van der Waals surface area contributed by atoms with E-state index in [4.69, 9.17) is 4.74 Å². The molecule has 0 amide bonds. The lowest BCUT2D eigenvalue weighted by molar-refractivity contribution is -0.190. The number of carbonyl (C=O) groups excluding carboxylic acids is 1. The van der Waals surface area contributed by atoms with E-state index in [0.717, 1.165) is 18.7 Å². The number of hydrogen-bond donors (Lipinski definition) is 3. The van der Waals surface area contributed by atoms with Gasteiger partial charge in [-0.05, 0) is 24.8 Å². The Morgan fingerprint density at radius 3 is 2.71 bits per heavy atom. The fourth-order valence-corrected chi connectivity index (χ4v) is 3.26. The maximum Gasteiger partial charge on any atom is 0.341 e. The molecule has 0 radical (unpaired) electrons. The van der Waals surface area contributed by atoms with Gasteiger partial charge < -0.3 is 20.1 Å². The molecule has 2 heterocycles. The molecule has 1 saturated heterocycles. The van der Waals surface area contributed by atoms with Crippen molar-refractivity contribution in [1.29, 1.82) is 0 Å². The molecule has 3 N–H and O–H groups in total. The SMILES string of the molecule is CC(C)[C@](O)(C(=O)O[C@@H]1CCN2CC=C(CO)C12)[C@@H](C)O. The Morgan fingerprint density at radius 1 is 1.52 bits per heavy atom. The number of rotatable bonds is 5. The quantitative estimate of drug-likeness (QED) is 0.476. The van der Waals surface area contributed by atoms with Crippen LogP contribution in [0.25, 0.3) is 0 Å². The van der Waals surface area contributed by atoms with Gasteiger partial charge in [0.25, 0.3) is 0 Å². The molecule has 21 heavy (non-hydrogen) atoms. The van der Waals surface area contributed by atoms with E-state index in [2.05, 4.69) is 4.90 Å². The zero-order valence-corrected chi connectivity index (χ0v) is 12.8. The first-order valence-corrected chi connectivity index (χ1v) is 7.47. The van der Waals surface area contributed by atoms with Crippen LogP contribution in [0.4, 0.5) is 0 Å². The summed E-state index contributed by atoms with van der Waals surface area (Å²) >= 11 is 0. The van der Waals surface area contributed by atoms with E-state index in [1.54, 1.807) is 13.8 Å². The van der Waals surface area contributed by atoms with Crippen LogP contribution in [-0.4, -0.2) is 69.7 Å². The number of esters is 1. The van der Waals surface area contributed by atoms with Gasteiger partial charge in [0, 0.05) is 13.1 Å². The third kappa shape index (κ3) is 2.73. The van der Waals surface area contributed by atoms with Crippen molar-refractivity contribution in [2.45, 2.75) is 51.0 Å². The van der Waals surface area contributed by atoms with Crippen molar-refractivity contribution in [3.8, 4) is 0 Å². The van der Waals surface area contributed by atoms with Crippen molar-refractivity contribution in [3.63, 3.8) is 0 Å². The summed E-state index contributed by atoms with van der Waals surface area (Å²) in [6.07, 6.45) is 1.02. The molecule has 0 aliphatic carbocycles. The van der Waals surface area contributed by atoms with Gasteiger partial charge in [-0.1, -0.05) is 19.9 Å². The third-order valence-electron chi connectivity index (χ3n) is 4.70. The number of fused-ring (bicyclic) bond motifs is 1. The second-order valence-corrected chi connectivity index (χ2v) is 6.27. The Morgan fingerprint density at radius 2 is 2.19 bits per heavy atom. The highest BCUT2D eigenvalue weighted by Crippen LogP contribution is 2.33. The Bertz CT molecular complexity index is 424. The summed E-state index contributed by atoms with van der Waals surface area (Å²) in [5.41, 5.74) is -1.05. The summed E-state index contributed by atoms with van der Waals surface area (Å²) in [7, 11) is 0. The first-order chi connectivity index (χ1) is 9.82. The van der Waals surface area contributed by atoms with Crippen LogP contribution >= 0.6 is 0 Å². The molecular weight excluding hydrogens is 274 g/mol. The Balaban J connectivity index is 2.11. The molecule has 0 spiro atoms. The predicted octanol–water partition coefficient (Wildman–Crippen LogP) is -0.327. The molecule has 1 unspecified atom stereocenters. The summed E-state index contributed by atoms with van der Waals surface area (Å²) in [6.45, 7) is 6.21. The topological polar surface area (TPSA) is 90.2 Å². The average Bonchev–Trinajstić information content (AvgIpc) is 2.99. The standard InChI is InChI=1S/C15H25NO5/c1-9(2)15(20,10(3)18)14(19)21-12-5-7-16-6-4-11(8-17)13(12)16/h4,9-10,12-13,17-18,20H,5-8H2,1-3H3/t10-,12-,13?,15-/m1/s1. The van der Waals surface area contributed by atoms with Gasteiger partial charge in [-0.2, -0.15) is 0 Å². The molecule has 120 valence electrons. The van der Waals surface area contributed by atoms with Crippen LogP contribution < -0.4 is 0 Å². The van der Waals surface area contributed by atoms with Crippen LogP contribution in [0.2, 0.25) is 0 Å². The van der Waals surface area contributed by atoms with E-state index in [1.807, 2.05) is 6.08 Å². The maximum atomic E-state index is 12.4. The Hall–Kier alpha value is -0.950. The number of aliphatic hydroxyl groups is 3. The van der Waals surface area contributed by atoms with E-state index < -0.39 is 23.6 Å². The lowest BCUT2D eigenvalue weighted by Crippen LogP contribution is -2.54. The van der Waals surface area contributed by atoms with Crippen molar-refractivity contribution >= 4 is 5.97 Å². The van der Waals surface area contributed by atoms with E-state index >= 15 is 0 Å². The highest BCUT2D eigenvalue weighted by molar-refractivity contribution is 5.80. The normalized spacial score (nSPS) is 30.0. The largest absolute Gasteiger partial charge is 0.458 e. The zero-order chi connectivity index (χ0) is 15.8. The minimum absolute atomic E-state index is 0.0555. The number of carbonyl (C=O) groups is 1. The van der Waals surface area contributed by atoms with Crippen LogP contribution in [0.15, 0.2) is 11.6 Å².